The molecule has 0 saturated heterocycles. The maximum absolute atomic E-state index is 10.5. The lowest BCUT2D eigenvalue weighted by Gasteiger charge is -2.04. The summed E-state index contributed by atoms with van der Waals surface area (Å²) in [5.74, 6) is -0.503. The van der Waals surface area contributed by atoms with E-state index in [-0.39, 0.29) is 5.76 Å². The highest BCUT2D eigenvalue weighted by atomic mass is 16.5. The SMILES string of the molecule is COCCOCCNCc1ccc(C(=O)O)o1. The lowest BCUT2D eigenvalue weighted by Crippen LogP contribution is -2.19. The van der Waals surface area contributed by atoms with E-state index >= 15 is 0 Å². The highest BCUT2D eigenvalue weighted by Gasteiger charge is 2.07. The van der Waals surface area contributed by atoms with Crippen molar-refractivity contribution in [2.24, 2.45) is 0 Å². The molecule has 0 aromatic carbocycles. The molecule has 1 heterocycles. The molecule has 0 aliphatic heterocycles. The Kier molecular flexibility index (Phi) is 6.31. The summed E-state index contributed by atoms with van der Waals surface area (Å²) in [6.07, 6.45) is 0. The maximum atomic E-state index is 10.5. The van der Waals surface area contributed by atoms with Gasteiger partial charge in [-0.1, -0.05) is 0 Å². The summed E-state index contributed by atoms with van der Waals surface area (Å²) in [4.78, 5) is 10.5. The molecular weight excluding hydrogens is 226 g/mol. The molecule has 1 aromatic heterocycles. The quantitative estimate of drug-likeness (QED) is 0.622. The molecule has 0 bridgehead atoms. The minimum absolute atomic E-state index is 0.0434. The fraction of sp³-hybridized carbons (Fsp3) is 0.545. The number of ether oxygens (including phenoxy) is 2. The van der Waals surface area contributed by atoms with Crippen LogP contribution in [0, 0.1) is 0 Å². The van der Waals surface area contributed by atoms with Crippen LogP contribution >= 0.6 is 0 Å². The highest BCUT2D eigenvalue weighted by Crippen LogP contribution is 2.06. The van der Waals surface area contributed by atoms with Gasteiger partial charge in [-0.15, -0.1) is 0 Å². The van der Waals surface area contributed by atoms with E-state index in [1.807, 2.05) is 0 Å². The normalized spacial score (nSPS) is 10.6. The largest absolute Gasteiger partial charge is 0.475 e. The van der Waals surface area contributed by atoms with Crippen LogP contribution in [-0.4, -0.2) is 44.6 Å². The number of methoxy groups -OCH3 is 1. The average Bonchev–Trinajstić information content (AvgIpc) is 2.77. The minimum atomic E-state index is -1.06. The molecule has 0 aliphatic carbocycles. The van der Waals surface area contributed by atoms with Crippen molar-refractivity contribution in [3.05, 3.63) is 23.7 Å². The maximum Gasteiger partial charge on any atom is 0.371 e. The fourth-order valence-corrected chi connectivity index (χ4v) is 1.19. The second-order valence-corrected chi connectivity index (χ2v) is 3.35. The fourth-order valence-electron chi connectivity index (χ4n) is 1.19. The first-order chi connectivity index (χ1) is 8.24. The van der Waals surface area contributed by atoms with Gasteiger partial charge in [0.2, 0.25) is 5.76 Å². The number of carboxylic acids is 1. The zero-order valence-corrected chi connectivity index (χ0v) is 9.77. The Balaban J connectivity index is 2.07. The van der Waals surface area contributed by atoms with Gasteiger partial charge >= 0.3 is 5.97 Å². The van der Waals surface area contributed by atoms with Gasteiger partial charge in [-0.05, 0) is 12.1 Å². The van der Waals surface area contributed by atoms with Gasteiger partial charge in [0.15, 0.2) is 0 Å². The molecule has 17 heavy (non-hydrogen) atoms. The van der Waals surface area contributed by atoms with Gasteiger partial charge in [0.1, 0.15) is 5.76 Å². The molecule has 1 rings (SSSR count). The number of carbonyl (C=O) groups is 1. The van der Waals surface area contributed by atoms with Crippen LogP contribution in [0.2, 0.25) is 0 Å². The monoisotopic (exact) mass is 243 g/mol. The smallest absolute Gasteiger partial charge is 0.371 e. The van der Waals surface area contributed by atoms with E-state index < -0.39 is 5.97 Å². The number of furan rings is 1. The van der Waals surface area contributed by atoms with Crippen molar-refractivity contribution in [3.8, 4) is 0 Å². The summed E-state index contributed by atoms with van der Waals surface area (Å²) >= 11 is 0. The Bertz CT molecular complexity index is 336. The topological polar surface area (TPSA) is 80.9 Å². The van der Waals surface area contributed by atoms with Crippen molar-refractivity contribution in [1.29, 1.82) is 0 Å². The van der Waals surface area contributed by atoms with Gasteiger partial charge in [0, 0.05) is 13.7 Å². The molecule has 96 valence electrons. The van der Waals surface area contributed by atoms with E-state index in [1.165, 1.54) is 6.07 Å². The summed E-state index contributed by atoms with van der Waals surface area (Å²) in [6.45, 7) is 2.89. The first-order valence-corrected chi connectivity index (χ1v) is 5.33. The number of carboxylic acid groups (broad SMARTS) is 1. The summed E-state index contributed by atoms with van der Waals surface area (Å²) in [5.41, 5.74) is 0. The predicted octanol–water partition coefficient (Wildman–Crippen LogP) is 0.730. The lowest BCUT2D eigenvalue weighted by atomic mass is 10.4. The van der Waals surface area contributed by atoms with Gasteiger partial charge < -0.3 is 24.3 Å². The van der Waals surface area contributed by atoms with Crippen molar-refractivity contribution >= 4 is 5.97 Å². The Hall–Kier alpha value is -1.37. The molecule has 6 nitrogen and oxygen atoms in total. The Morgan fingerprint density at radius 1 is 1.41 bits per heavy atom. The number of rotatable bonds is 9. The van der Waals surface area contributed by atoms with Crippen LogP contribution in [-0.2, 0) is 16.0 Å². The van der Waals surface area contributed by atoms with Crippen LogP contribution in [0.5, 0.6) is 0 Å². The highest BCUT2D eigenvalue weighted by molar-refractivity contribution is 5.84. The van der Waals surface area contributed by atoms with Gasteiger partial charge in [-0.2, -0.15) is 0 Å². The summed E-state index contributed by atoms with van der Waals surface area (Å²) in [7, 11) is 1.62. The first-order valence-electron chi connectivity index (χ1n) is 5.33. The molecule has 0 fully saturated rings. The van der Waals surface area contributed by atoms with Gasteiger partial charge in [-0.25, -0.2) is 4.79 Å². The summed E-state index contributed by atoms with van der Waals surface area (Å²) < 4.78 is 15.1. The molecule has 0 spiro atoms. The van der Waals surface area contributed by atoms with Crippen LogP contribution in [0.3, 0.4) is 0 Å². The van der Waals surface area contributed by atoms with E-state index in [1.54, 1.807) is 13.2 Å². The average molecular weight is 243 g/mol. The van der Waals surface area contributed by atoms with Crippen LogP contribution < -0.4 is 5.32 Å². The van der Waals surface area contributed by atoms with Gasteiger partial charge in [-0.3, -0.25) is 0 Å². The molecule has 0 unspecified atom stereocenters. The lowest BCUT2D eigenvalue weighted by molar-refractivity contribution is 0.0658. The number of aromatic carboxylic acids is 1. The first kappa shape index (κ1) is 13.7. The zero-order chi connectivity index (χ0) is 12.5. The second kappa shape index (κ2) is 7.83. The van der Waals surface area contributed by atoms with Crippen molar-refractivity contribution < 1.29 is 23.8 Å². The van der Waals surface area contributed by atoms with Crippen LogP contribution in [0.25, 0.3) is 0 Å². The van der Waals surface area contributed by atoms with Crippen LogP contribution in [0.15, 0.2) is 16.5 Å². The van der Waals surface area contributed by atoms with Crippen LogP contribution in [0.1, 0.15) is 16.3 Å². The van der Waals surface area contributed by atoms with E-state index in [9.17, 15) is 4.79 Å². The zero-order valence-electron chi connectivity index (χ0n) is 9.77. The Labute approximate surface area is 99.5 Å². The van der Waals surface area contributed by atoms with E-state index in [0.717, 1.165) is 0 Å². The Morgan fingerprint density at radius 2 is 2.24 bits per heavy atom. The summed E-state index contributed by atoms with van der Waals surface area (Å²) in [6, 6.07) is 3.08. The number of hydrogen-bond donors (Lipinski definition) is 2. The molecule has 0 atom stereocenters. The molecule has 0 aliphatic rings. The third kappa shape index (κ3) is 5.48. The Morgan fingerprint density at radius 3 is 2.88 bits per heavy atom. The van der Waals surface area contributed by atoms with Gasteiger partial charge in [0.25, 0.3) is 0 Å². The standard InChI is InChI=1S/C11H17NO5/c1-15-6-7-16-5-4-12-8-9-2-3-10(17-9)11(13)14/h2-3,12H,4-8H2,1H3,(H,13,14). The van der Waals surface area contributed by atoms with E-state index in [2.05, 4.69) is 5.32 Å². The third-order valence-electron chi connectivity index (χ3n) is 2.03. The molecule has 2 N–H and O–H groups in total. The minimum Gasteiger partial charge on any atom is -0.475 e. The molecule has 0 amide bonds. The molecule has 1 aromatic rings. The van der Waals surface area contributed by atoms with E-state index in [0.29, 0.717) is 38.7 Å². The second-order valence-electron chi connectivity index (χ2n) is 3.35. The molecule has 6 heteroatoms. The van der Waals surface area contributed by atoms with E-state index in [4.69, 9.17) is 19.0 Å². The molecular formula is C11H17NO5. The number of nitrogens with one attached hydrogen (secondary N) is 1. The molecule has 0 radical (unpaired) electrons. The predicted molar refractivity (Wildman–Crippen MR) is 60.1 cm³/mol. The van der Waals surface area contributed by atoms with Crippen molar-refractivity contribution in [1.82, 2.24) is 5.32 Å². The molecule has 0 saturated carbocycles. The van der Waals surface area contributed by atoms with Crippen molar-refractivity contribution in [2.45, 2.75) is 6.54 Å². The van der Waals surface area contributed by atoms with Gasteiger partial charge in [0.05, 0.1) is 26.4 Å². The number of hydrogen-bond acceptors (Lipinski definition) is 5. The van der Waals surface area contributed by atoms with Crippen LogP contribution in [0.4, 0.5) is 0 Å². The van der Waals surface area contributed by atoms with Crippen molar-refractivity contribution in [2.75, 3.05) is 33.5 Å². The van der Waals surface area contributed by atoms with Crippen molar-refractivity contribution in [3.63, 3.8) is 0 Å². The third-order valence-corrected chi connectivity index (χ3v) is 2.03. The summed E-state index contributed by atoms with van der Waals surface area (Å²) in [5, 5.41) is 11.7.